The van der Waals surface area contributed by atoms with E-state index in [0.29, 0.717) is 54.7 Å². The zero-order chi connectivity index (χ0) is 27.5. The predicted octanol–water partition coefficient (Wildman–Crippen LogP) is 4.78. The summed E-state index contributed by atoms with van der Waals surface area (Å²) in [5.74, 6) is -0.872. The van der Waals surface area contributed by atoms with Gasteiger partial charge in [0.1, 0.15) is 11.1 Å². The Morgan fingerprint density at radius 1 is 1.08 bits per heavy atom. The van der Waals surface area contributed by atoms with Crippen molar-refractivity contribution in [1.82, 2.24) is 24.1 Å². The zero-order valence-electron chi connectivity index (χ0n) is 22.6. The van der Waals surface area contributed by atoms with Gasteiger partial charge in [-0.3, -0.25) is 9.48 Å². The lowest BCUT2D eigenvalue weighted by Gasteiger charge is -2.37. The first-order chi connectivity index (χ1) is 18.6. The highest BCUT2D eigenvalue weighted by atomic mass is 19.1. The van der Waals surface area contributed by atoms with Crippen LogP contribution in [-0.4, -0.2) is 67.8 Å². The maximum absolute atomic E-state index is 14.6. The maximum Gasteiger partial charge on any atom is 0.410 e. The Hall–Kier alpha value is -4.15. The first-order valence-corrected chi connectivity index (χ1v) is 13.3. The number of ether oxygens (including phenoxy) is 1. The van der Waals surface area contributed by atoms with Crippen LogP contribution in [0.5, 0.6) is 0 Å². The zero-order valence-corrected chi connectivity index (χ0v) is 22.6. The normalized spacial score (nSPS) is 16.2. The molecule has 3 aromatic heterocycles. The molecular formula is C28H32FN7O3. The van der Waals surface area contributed by atoms with Gasteiger partial charge in [-0.1, -0.05) is 0 Å². The van der Waals surface area contributed by atoms with E-state index in [0.717, 1.165) is 23.9 Å². The fourth-order valence-corrected chi connectivity index (χ4v) is 5.00. The van der Waals surface area contributed by atoms with Gasteiger partial charge in [-0.25, -0.2) is 14.2 Å². The lowest BCUT2D eigenvalue weighted by molar-refractivity contribution is 0.0240. The van der Waals surface area contributed by atoms with E-state index in [4.69, 9.17) is 9.84 Å². The molecular weight excluding hydrogens is 501 g/mol. The quantitative estimate of drug-likeness (QED) is 0.406. The summed E-state index contributed by atoms with van der Waals surface area (Å²) in [6.07, 6.45) is 7.18. The van der Waals surface area contributed by atoms with Crippen molar-refractivity contribution in [3.8, 4) is 0 Å². The maximum atomic E-state index is 14.6. The number of anilines is 2. The average molecular weight is 534 g/mol. The molecule has 204 valence electrons. The minimum absolute atomic E-state index is 0.215. The molecule has 1 aliphatic carbocycles. The molecule has 2 fully saturated rings. The molecule has 0 radical (unpaired) electrons. The van der Waals surface area contributed by atoms with Crippen molar-refractivity contribution >= 4 is 39.9 Å². The van der Waals surface area contributed by atoms with Crippen molar-refractivity contribution in [2.45, 2.75) is 52.2 Å². The van der Waals surface area contributed by atoms with Crippen LogP contribution in [0.3, 0.4) is 0 Å². The van der Waals surface area contributed by atoms with Crippen LogP contribution in [0.2, 0.25) is 0 Å². The van der Waals surface area contributed by atoms with Gasteiger partial charge in [0.25, 0.3) is 5.91 Å². The highest BCUT2D eigenvalue weighted by Crippen LogP contribution is 2.38. The minimum Gasteiger partial charge on any atom is -0.444 e. The molecule has 0 bridgehead atoms. The topological polar surface area (TPSA) is 97.0 Å². The Morgan fingerprint density at radius 3 is 2.51 bits per heavy atom. The second-order valence-corrected chi connectivity index (χ2v) is 11.3. The van der Waals surface area contributed by atoms with E-state index >= 15 is 0 Å². The Bertz CT molecular complexity index is 1590. The molecule has 39 heavy (non-hydrogen) atoms. The summed E-state index contributed by atoms with van der Waals surface area (Å²) >= 11 is 0. The molecule has 10 nitrogen and oxygen atoms in total. The number of nitrogens with zero attached hydrogens (tertiary/aromatic N) is 6. The minimum atomic E-state index is -0.538. The van der Waals surface area contributed by atoms with E-state index in [1.807, 2.05) is 37.7 Å². The van der Waals surface area contributed by atoms with Gasteiger partial charge < -0.3 is 24.3 Å². The molecule has 0 unspecified atom stereocenters. The van der Waals surface area contributed by atoms with Crippen LogP contribution >= 0.6 is 0 Å². The number of aryl methyl sites for hydroxylation is 1. The standard InChI is InChI=1S/C28H32FN7O3/c1-17-14-35-15-18(13-22(29)25(35)30-17)31-26(37)20-7-8-23(21-16-36(19-5-6-19)32-24(20)21)33-9-11-34(12-10-33)27(38)39-28(2,3)4/h7-8,13-16,19H,5-6,9-12H2,1-4H3,(H,31,37). The van der Waals surface area contributed by atoms with E-state index in [2.05, 4.69) is 15.2 Å². The molecule has 2 aliphatic rings. The number of benzene rings is 1. The van der Waals surface area contributed by atoms with E-state index in [1.165, 1.54) is 6.07 Å². The Morgan fingerprint density at radius 2 is 1.82 bits per heavy atom. The Kier molecular flexibility index (Phi) is 5.96. The third-order valence-corrected chi connectivity index (χ3v) is 6.99. The summed E-state index contributed by atoms with van der Waals surface area (Å²) in [6.45, 7) is 9.73. The fourth-order valence-electron chi connectivity index (χ4n) is 5.00. The highest BCUT2D eigenvalue weighted by Gasteiger charge is 2.30. The lowest BCUT2D eigenvalue weighted by atomic mass is 10.1. The number of halogens is 1. The molecule has 4 heterocycles. The van der Waals surface area contributed by atoms with Crippen LogP contribution in [0.1, 0.15) is 55.7 Å². The number of imidazole rings is 1. The third kappa shape index (κ3) is 5.00. The van der Waals surface area contributed by atoms with Gasteiger partial charge in [-0.15, -0.1) is 0 Å². The second-order valence-electron chi connectivity index (χ2n) is 11.3. The molecule has 0 spiro atoms. The van der Waals surface area contributed by atoms with Crippen LogP contribution < -0.4 is 10.2 Å². The number of nitrogens with one attached hydrogen (secondary N) is 1. The summed E-state index contributed by atoms with van der Waals surface area (Å²) < 4.78 is 23.6. The lowest BCUT2D eigenvalue weighted by Crippen LogP contribution is -2.50. The molecule has 2 amide bonds. The molecule has 0 atom stereocenters. The van der Waals surface area contributed by atoms with E-state index in [9.17, 15) is 14.0 Å². The molecule has 1 saturated heterocycles. The number of carbonyl (C=O) groups excluding carboxylic acids is 2. The number of pyridine rings is 1. The van der Waals surface area contributed by atoms with Crippen LogP contribution in [0.4, 0.5) is 20.6 Å². The molecule has 1 aliphatic heterocycles. The highest BCUT2D eigenvalue weighted by molar-refractivity contribution is 6.14. The number of piperazine rings is 1. The average Bonchev–Trinajstić information content (AvgIpc) is 3.51. The number of aromatic nitrogens is 4. The molecule has 6 rings (SSSR count). The van der Waals surface area contributed by atoms with Crippen molar-refractivity contribution in [1.29, 1.82) is 0 Å². The van der Waals surface area contributed by atoms with Crippen molar-refractivity contribution in [2.75, 3.05) is 36.4 Å². The number of amides is 2. The van der Waals surface area contributed by atoms with E-state index in [-0.39, 0.29) is 17.6 Å². The number of fused-ring (bicyclic) bond motifs is 2. The number of rotatable bonds is 4. The van der Waals surface area contributed by atoms with Crippen LogP contribution in [0.15, 0.2) is 36.8 Å². The SMILES string of the molecule is Cc1cn2cc(NC(=O)c3ccc(N4CCN(C(=O)OC(C)(C)C)CC4)c4cn(C5CC5)nc34)cc(F)c2n1. The molecule has 1 N–H and O–H groups in total. The van der Waals surface area contributed by atoms with Crippen molar-refractivity contribution in [3.63, 3.8) is 0 Å². The van der Waals surface area contributed by atoms with Crippen LogP contribution in [-0.2, 0) is 4.74 Å². The van der Waals surface area contributed by atoms with Crippen LogP contribution in [0, 0.1) is 12.7 Å². The first kappa shape index (κ1) is 25.1. The van der Waals surface area contributed by atoms with Gasteiger partial charge in [-0.05, 0) is 52.7 Å². The van der Waals surface area contributed by atoms with E-state index in [1.54, 1.807) is 34.7 Å². The second kappa shape index (κ2) is 9.25. The summed E-state index contributed by atoms with van der Waals surface area (Å²) in [5, 5.41) is 8.52. The number of carbonyl (C=O) groups is 2. The van der Waals surface area contributed by atoms with Gasteiger partial charge >= 0.3 is 6.09 Å². The predicted molar refractivity (Wildman–Crippen MR) is 146 cm³/mol. The van der Waals surface area contributed by atoms with Gasteiger partial charge in [0, 0.05) is 61.9 Å². The Labute approximate surface area is 225 Å². The Balaban J connectivity index is 1.26. The molecule has 11 heteroatoms. The smallest absolute Gasteiger partial charge is 0.410 e. The molecule has 4 aromatic rings. The molecule has 1 saturated carbocycles. The van der Waals surface area contributed by atoms with Gasteiger partial charge in [0.15, 0.2) is 11.5 Å². The van der Waals surface area contributed by atoms with Gasteiger partial charge in [0.05, 0.1) is 23.0 Å². The summed E-state index contributed by atoms with van der Waals surface area (Å²) in [4.78, 5) is 34.0. The summed E-state index contributed by atoms with van der Waals surface area (Å²) in [5.41, 5.74) is 2.69. The summed E-state index contributed by atoms with van der Waals surface area (Å²) in [7, 11) is 0. The number of hydrogen-bond donors (Lipinski definition) is 1. The fraction of sp³-hybridized carbons (Fsp3) is 0.429. The van der Waals surface area contributed by atoms with E-state index < -0.39 is 11.4 Å². The largest absolute Gasteiger partial charge is 0.444 e. The van der Waals surface area contributed by atoms with Crippen molar-refractivity contribution < 1.29 is 18.7 Å². The monoisotopic (exact) mass is 533 g/mol. The van der Waals surface area contributed by atoms with Crippen molar-refractivity contribution in [3.05, 3.63) is 53.9 Å². The third-order valence-electron chi connectivity index (χ3n) is 6.99. The summed E-state index contributed by atoms with van der Waals surface area (Å²) in [6, 6.07) is 5.32. The van der Waals surface area contributed by atoms with Crippen molar-refractivity contribution in [2.24, 2.45) is 0 Å². The number of hydrogen-bond acceptors (Lipinski definition) is 6. The van der Waals surface area contributed by atoms with Crippen LogP contribution in [0.25, 0.3) is 16.6 Å². The molecule has 1 aromatic carbocycles. The van der Waals surface area contributed by atoms with Gasteiger partial charge in [-0.2, -0.15) is 5.10 Å². The first-order valence-electron chi connectivity index (χ1n) is 13.3. The van der Waals surface area contributed by atoms with Gasteiger partial charge in [0.2, 0.25) is 0 Å².